The summed E-state index contributed by atoms with van der Waals surface area (Å²) in [5, 5.41) is 14.0. The fourth-order valence-corrected chi connectivity index (χ4v) is 6.40. The van der Waals surface area contributed by atoms with Crippen LogP contribution in [0.1, 0.15) is 55.7 Å². The minimum atomic E-state index is -0.845. The molecule has 0 heterocycles. The van der Waals surface area contributed by atoms with Crippen LogP contribution in [-0.4, -0.2) is 30.3 Å². The van der Waals surface area contributed by atoms with Crippen molar-refractivity contribution in [1.29, 1.82) is 0 Å². The molecule has 2 aliphatic rings. The fraction of sp³-hybridized carbons (Fsp3) is 0.364. The quantitative estimate of drug-likeness (QED) is 0.279. The first-order chi connectivity index (χ1) is 18.9. The van der Waals surface area contributed by atoms with Crippen LogP contribution in [0.25, 0.3) is 6.08 Å². The van der Waals surface area contributed by atoms with E-state index in [1.54, 1.807) is 0 Å². The van der Waals surface area contributed by atoms with Crippen LogP contribution in [0.5, 0.6) is 5.75 Å². The number of rotatable bonds is 9. The molecule has 1 spiro atoms. The number of allylic oxidation sites excluding steroid dienone is 1. The van der Waals surface area contributed by atoms with Gasteiger partial charge in [-0.05, 0) is 85.0 Å². The van der Waals surface area contributed by atoms with Crippen LogP contribution < -0.4 is 10.1 Å². The Balaban J connectivity index is 1.45. The number of ether oxygens (including phenoxy) is 2. The maximum Gasteiger partial charge on any atom is 0.331 e. The zero-order valence-corrected chi connectivity index (χ0v) is 23.3. The van der Waals surface area contributed by atoms with Gasteiger partial charge in [-0.3, -0.25) is 0 Å². The Morgan fingerprint density at radius 1 is 1.03 bits per heavy atom. The summed E-state index contributed by atoms with van der Waals surface area (Å²) >= 11 is 6.24. The minimum Gasteiger partial charge on any atom is -0.489 e. The highest BCUT2D eigenvalue weighted by Crippen LogP contribution is 2.55. The lowest BCUT2D eigenvalue weighted by atomic mass is 9.61. The van der Waals surface area contributed by atoms with Gasteiger partial charge in [-0.1, -0.05) is 72.6 Å². The first-order valence-corrected chi connectivity index (χ1v) is 14.0. The number of carbonyl (C=O) groups excluding carboxylic acids is 1. The molecule has 3 aromatic carbocycles. The Labute approximate surface area is 235 Å². The van der Waals surface area contributed by atoms with Crippen molar-refractivity contribution in [1.82, 2.24) is 0 Å². The molecule has 3 aromatic rings. The molecule has 0 aromatic heterocycles. The van der Waals surface area contributed by atoms with Crippen molar-refractivity contribution >= 4 is 29.3 Å². The van der Waals surface area contributed by atoms with Gasteiger partial charge in [-0.2, -0.15) is 0 Å². The first-order valence-electron chi connectivity index (χ1n) is 13.6. The molecule has 5 nitrogen and oxygen atoms in total. The number of aliphatic hydroxyl groups is 1. The van der Waals surface area contributed by atoms with Crippen LogP contribution in [0.3, 0.4) is 0 Å². The van der Waals surface area contributed by atoms with Crippen molar-refractivity contribution < 1.29 is 19.4 Å². The molecule has 1 fully saturated rings. The van der Waals surface area contributed by atoms with E-state index in [1.165, 1.54) is 23.8 Å². The Hall–Kier alpha value is -3.28. The number of methoxy groups -OCH3 is 1. The molecule has 2 N–H and O–H groups in total. The zero-order valence-electron chi connectivity index (χ0n) is 22.6. The number of carbonyl (C=O) groups is 1. The Kier molecular flexibility index (Phi) is 8.01. The van der Waals surface area contributed by atoms with E-state index >= 15 is 0 Å². The number of fused-ring (bicyclic) bond motifs is 2. The molecular weight excluding hydrogens is 510 g/mol. The predicted octanol–water partition coefficient (Wildman–Crippen LogP) is 7.17. The van der Waals surface area contributed by atoms with E-state index in [2.05, 4.69) is 42.6 Å². The summed E-state index contributed by atoms with van der Waals surface area (Å²) in [6.45, 7) is 2.72. The minimum absolute atomic E-state index is 0.137. The van der Waals surface area contributed by atoms with Crippen LogP contribution in [0, 0.1) is 5.92 Å². The number of halogens is 1. The van der Waals surface area contributed by atoms with Crippen molar-refractivity contribution in [2.75, 3.05) is 19.0 Å². The van der Waals surface area contributed by atoms with Crippen LogP contribution in [0.4, 0.5) is 5.69 Å². The second-order valence-corrected chi connectivity index (χ2v) is 11.4. The summed E-state index contributed by atoms with van der Waals surface area (Å²) in [7, 11) is 1.45. The van der Waals surface area contributed by atoms with Gasteiger partial charge in [0.2, 0.25) is 0 Å². The molecule has 6 heteroatoms. The third kappa shape index (κ3) is 5.57. The Morgan fingerprint density at radius 2 is 1.79 bits per heavy atom. The molecule has 0 unspecified atom stereocenters. The highest BCUT2D eigenvalue weighted by atomic mass is 35.5. The van der Waals surface area contributed by atoms with Gasteiger partial charge in [0.25, 0.3) is 0 Å². The second kappa shape index (κ2) is 11.4. The molecule has 5 rings (SSSR count). The van der Waals surface area contributed by atoms with Gasteiger partial charge < -0.3 is 19.9 Å². The molecule has 1 atom stereocenters. The largest absolute Gasteiger partial charge is 0.489 e. The molecule has 1 saturated carbocycles. The van der Waals surface area contributed by atoms with Crippen molar-refractivity contribution in [2.45, 2.75) is 56.6 Å². The van der Waals surface area contributed by atoms with Gasteiger partial charge in [0.1, 0.15) is 17.9 Å². The lowest BCUT2D eigenvalue weighted by Crippen LogP contribution is -2.52. The van der Waals surface area contributed by atoms with Crippen LogP contribution in [0.2, 0.25) is 5.02 Å². The molecule has 0 amide bonds. The van der Waals surface area contributed by atoms with Gasteiger partial charge in [0.15, 0.2) is 0 Å². The van der Waals surface area contributed by atoms with E-state index in [0.29, 0.717) is 24.5 Å². The van der Waals surface area contributed by atoms with Gasteiger partial charge >= 0.3 is 5.97 Å². The van der Waals surface area contributed by atoms with E-state index in [4.69, 9.17) is 21.1 Å². The molecule has 204 valence electrons. The van der Waals surface area contributed by atoms with Crippen LogP contribution in [-0.2, 0) is 21.6 Å². The topological polar surface area (TPSA) is 67.8 Å². The highest BCUT2D eigenvalue weighted by molar-refractivity contribution is 6.30. The van der Waals surface area contributed by atoms with Gasteiger partial charge in [0, 0.05) is 22.7 Å². The van der Waals surface area contributed by atoms with Crippen molar-refractivity contribution in [3.63, 3.8) is 0 Å². The van der Waals surface area contributed by atoms with E-state index in [-0.39, 0.29) is 23.9 Å². The van der Waals surface area contributed by atoms with E-state index < -0.39 is 5.54 Å². The van der Waals surface area contributed by atoms with Crippen molar-refractivity contribution in [3.05, 3.63) is 100 Å². The third-order valence-corrected chi connectivity index (χ3v) is 8.59. The van der Waals surface area contributed by atoms with Crippen LogP contribution >= 0.6 is 11.6 Å². The SMILES string of the molecule is COC(=O)C1(Nc2cccc(Cl)c2)CCC2(CC1)C(C[C@@H](C)CO)=Cc1ccc(OCc3ccccc3)cc12. The number of nitrogens with one attached hydrogen (secondary N) is 1. The zero-order chi connectivity index (χ0) is 27.5. The van der Waals surface area contributed by atoms with Crippen molar-refractivity contribution in [2.24, 2.45) is 5.92 Å². The summed E-state index contributed by atoms with van der Waals surface area (Å²) in [5.41, 5.74) is 4.61. The number of benzene rings is 3. The summed E-state index contributed by atoms with van der Waals surface area (Å²) in [4.78, 5) is 13.2. The number of aliphatic hydroxyl groups excluding tert-OH is 1. The third-order valence-electron chi connectivity index (χ3n) is 8.35. The Bertz CT molecular complexity index is 1340. The fourth-order valence-electron chi connectivity index (χ4n) is 6.21. The van der Waals surface area contributed by atoms with E-state index in [0.717, 1.165) is 36.3 Å². The summed E-state index contributed by atoms with van der Waals surface area (Å²) in [5.74, 6) is 0.724. The van der Waals surface area contributed by atoms with Gasteiger partial charge in [0.05, 0.1) is 7.11 Å². The average molecular weight is 546 g/mol. The lowest BCUT2D eigenvalue weighted by molar-refractivity contribution is -0.147. The smallest absolute Gasteiger partial charge is 0.331 e. The number of hydrogen-bond donors (Lipinski definition) is 2. The summed E-state index contributed by atoms with van der Waals surface area (Å²) in [6, 6.07) is 24.0. The summed E-state index contributed by atoms with van der Waals surface area (Å²) < 4.78 is 11.5. The maximum absolute atomic E-state index is 13.2. The number of anilines is 1. The molecule has 2 aliphatic carbocycles. The van der Waals surface area contributed by atoms with E-state index in [9.17, 15) is 9.90 Å². The number of esters is 1. The molecule has 0 aliphatic heterocycles. The molecule has 39 heavy (non-hydrogen) atoms. The lowest BCUT2D eigenvalue weighted by Gasteiger charge is -2.46. The maximum atomic E-state index is 13.2. The normalized spacial score (nSPS) is 22.6. The molecule has 0 radical (unpaired) electrons. The average Bonchev–Trinajstić information content (AvgIpc) is 3.25. The molecular formula is C33H36ClNO4. The van der Waals surface area contributed by atoms with Gasteiger partial charge in [-0.15, -0.1) is 0 Å². The number of hydrogen-bond acceptors (Lipinski definition) is 5. The van der Waals surface area contributed by atoms with Crippen LogP contribution in [0.15, 0.2) is 78.4 Å². The second-order valence-electron chi connectivity index (χ2n) is 11.0. The molecule has 0 saturated heterocycles. The standard InChI is InChI=1S/C33H36ClNO4/c1-23(21-36)17-26-18-25-11-12-29(39-22-24-7-4-3-5-8-24)20-30(25)32(26)13-15-33(16-14-32,31(37)38-2)35-28-10-6-9-27(34)19-28/h3-12,18-20,23,35-36H,13-17,21-22H2,1-2H3/t23-,32?,33?/m1/s1. The first kappa shape index (κ1) is 27.3. The monoisotopic (exact) mass is 545 g/mol. The predicted molar refractivity (Wildman–Crippen MR) is 156 cm³/mol. The van der Waals surface area contributed by atoms with Crippen molar-refractivity contribution in [3.8, 4) is 5.75 Å². The highest BCUT2D eigenvalue weighted by Gasteiger charge is 2.52. The summed E-state index contributed by atoms with van der Waals surface area (Å²) in [6.07, 6.45) is 5.84. The van der Waals surface area contributed by atoms with Gasteiger partial charge in [-0.25, -0.2) is 4.79 Å². The Morgan fingerprint density at radius 3 is 2.49 bits per heavy atom. The molecule has 0 bridgehead atoms. The van der Waals surface area contributed by atoms with E-state index in [1.807, 2.05) is 48.5 Å².